The van der Waals surface area contributed by atoms with E-state index in [2.05, 4.69) is 36.9 Å². The average molecular weight is 233 g/mol. The third-order valence-electron chi connectivity index (χ3n) is 3.02. The molecule has 0 saturated heterocycles. The number of hydrogen-bond donors (Lipinski definition) is 1. The SMILES string of the molecule is C=C(NC)/C(=C/Cc1c(C)cnn1C)CCC. The summed E-state index contributed by atoms with van der Waals surface area (Å²) in [5.74, 6) is 0. The first-order valence-corrected chi connectivity index (χ1v) is 6.13. The van der Waals surface area contributed by atoms with Crippen LogP contribution >= 0.6 is 0 Å². The van der Waals surface area contributed by atoms with Crippen LogP contribution in [0.5, 0.6) is 0 Å². The zero-order chi connectivity index (χ0) is 12.8. The van der Waals surface area contributed by atoms with E-state index in [9.17, 15) is 0 Å². The van der Waals surface area contributed by atoms with Gasteiger partial charge in [-0.1, -0.05) is 26.0 Å². The monoisotopic (exact) mass is 233 g/mol. The van der Waals surface area contributed by atoms with Crippen molar-refractivity contribution < 1.29 is 0 Å². The number of nitrogens with one attached hydrogen (secondary N) is 1. The Labute approximate surface area is 104 Å². The van der Waals surface area contributed by atoms with Crippen LogP contribution < -0.4 is 5.32 Å². The first-order valence-electron chi connectivity index (χ1n) is 6.13. The lowest BCUT2D eigenvalue weighted by Gasteiger charge is -2.10. The fourth-order valence-corrected chi connectivity index (χ4v) is 1.89. The number of hydrogen-bond acceptors (Lipinski definition) is 2. The first kappa shape index (κ1) is 13.6. The second-order valence-corrected chi connectivity index (χ2v) is 4.31. The molecule has 0 unspecified atom stereocenters. The molecule has 0 fully saturated rings. The number of aromatic nitrogens is 2. The number of aryl methyl sites for hydroxylation is 2. The van der Waals surface area contributed by atoms with Gasteiger partial charge in [0.1, 0.15) is 0 Å². The Morgan fingerprint density at radius 3 is 2.76 bits per heavy atom. The van der Waals surface area contributed by atoms with E-state index in [4.69, 9.17) is 0 Å². The summed E-state index contributed by atoms with van der Waals surface area (Å²) in [7, 11) is 3.91. The van der Waals surface area contributed by atoms with Crippen LogP contribution in [-0.4, -0.2) is 16.8 Å². The fraction of sp³-hybridized carbons (Fsp3) is 0.500. The van der Waals surface area contributed by atoms with Crippen LogP contribution in [0, 0.1) is 6.92 Å². The maximum Gasteiger partial charge on any atom is 0.0521 e. The van der Waals surface area contributed by atoms with Gasteiger partial charge < -0.3 is 5.32 Å². The van der Waals surface area contributed by atoms with E-state index in [0.29, 0.717) is 0 Å². The van der Waals surface area contributed by atoms with Crippen LogP contribution in [0.2, 0.25) is 0 Å². The van der Waals surface area contributed by atoms with Gasteiger partial charge in [-0.2, -0.15) is 5.10 Å². The Morgan fingerprint density at radius 1 is 1.59 bits per heavy atom. The topological polar surface area (TPSA) is 29.9 Å². The van der Waals surface area contributed by atoms with Gasteiger partial charge in [-0.05, 0) is 24.5 Å². The molecule has 94 valence electrons. The van der Waals surface area contributed by atoms with E-state index in [1.165, 1.54) is 16.8 Å². The average Bonchev–Trinajstić information content (AvgIpc) is 2.64. The van der Waals surface area contributed by atoms with Gasteiger partial charge >= 0.3 is 0 Å². The van der Waals surface area contributed by atoms with Gasteiger partial charge in [0, 0.05) is 31.9 Å². The lowest BCUT2D eigenvalue weighted by Crippen LogP contribution is -2.07. The highest BCUT2D eigenvalue weighted by atomic mass is 15.3. The molecule has 1 aromatic rings. The van der Waals surface area contributed by atoms with Gasteiger partial charge in [0.15, 0.2) is 0 Å². The maximum atomic E-state index is 4.25. The molecule has 0 aliphatic rings. The van der Waals surface area contributed by atoms with Crippen LogP contribution in [0.15, 0.2) is 30.1 Å². The Kier molecular flexibility index (Phi) is 5.01. The molecule has 0 bridgehead atoms. The lowest BCUT2D eigenvalue weighted by atomic mass is 10.0. The number of rotatable bonds is 6. The van der Waals surface area contributed by atoms with Crippen LogP contribution in [0.3, 0.4) is 0 Å². The summed E-state index contributed by atoms with van der Waals surface area (Å²) in [6.45, 7) is 8.32. The van der Waals surface area contributed by atoms with E-state index in [1.807, 2.05) is 25.0 Å². The van der Waals surface area contributed by atoms with E-state index in [-0.39, 0.29) is 0 Å². The molecular formula is C14H23N3. The van der Waals surface area contributed by atoms with E-state index in [0.717, 1.165) is 25.0 Å². The number of likely N-dealkylation sites (N-methyl/N-ethyl adjacent to an activating group) is 1. The summed E-state index contributed by atoms with van der Waals surface area (Å²) in [5.41, 5.74) is 4.83. The van der Waals surface area contributed by atoms with Crippen LogP contribution in [-0.2, 0) is 13.5 Å². The lowest BCUT2D eigenvalue weighted by molar-refractivity contribution is 0.724. The quantitative estimate of drug-likeness (QED) is 0.766. The molecule has 1 heterocycles. The number of allylic oxidation sites excluding steroid dienone is 2. The van der Waals surface area contributed by atoms with Crippen molar-refractivity contribution in [3.63, 3.8) is 0 Å². The molecule has 0 aromatic carbocycles. The molecule has 0 amide bonds. The minimum atomic E-state index is 0.915. The van der Waals surface area contributed by atoms with E-state index in [1.54, 1.807) is 0 Å². The third kappa shape index (κ3) is 3.48. The molecule has 1 rings (SSSR count). The van der Waals surface area contributed by atoms with Crippen molar-refractivity contribution in [3.8, 4) is 0 Å². The van der Waals surface area contributed by atoms with Crippen molar-refractivity contribution in [2.45, 2.75) is 33.1 Å². The standard InChI is InChI=1S/C14H23N3/c1-6-7-13(12(3)15-4)8-9-14-11(2)10-16-17(14)5/h8,10,15H,3,6-7,9H2,1-2,4-5H3/b13-8+. The van der Waals surface area contributed by atoms with Gasteiger partial charge in [-0.15, -0.1) is 0 Å². The molecular weight excluding hydrogens is 210 g/mol. The summed E-state index contributed by atoms with van der Waals surface area (Å²) < 4.78 is 1.94. The molecule has 0 aliphatic carbocycles. The zero-order valence-corrected chi connectivity index (χ0v) is 11.4. The summed E-state index contributed by atoms with van der Waals surface area (Å²) in [5, 5.41) is 7.38. The third-order valence-corrected chi connectivity index (χ3v) is 3.02. The first-order chi connectivity index (χ1) is 8.10. The fourth-order valence-electron chi connectivity index (χ4n) is 1.89. The van der Waals surface area contributed by atoms with Gasteiger partial charge in [-0.3, -0.25) is 4.68 Å². The molecule has 3 nitrogen and oxygen atoms in total. The van der Waals surface area contributed by atoms with Crippen LogP contribution in [0.25, 0.3) is 0 Å². The molecule has 1 N–H and O–H groups in total. The van der Waals surface area contributed by atoms with Crippen molar-refractivity contribution in [2.24, 2.45) is 7.05 Å². The Hall–Kier alpha value is -1.51. The van der Waals surface area contributed by atoms with Crippen molar-refractivity contribution in [2.75, 3.05) is 7.05 Å². The van der Waals surface area contributed by atoms with Gasteiger partial charge in [0.25, 0.3) is 0 Å². The molecule has 0 radical (unpaired) electrons. The smallest absolute Gasteiger partial charge is 0.0521 e. The summed E-state index contributed by atoms with van der Waals surface area (Å²) in [6, 6.07) is 0. The predicted molar refractivity (Wildman–Crippen MR) is 72.8 cm³/mol. The predicted octanol–water partition coefficient (Wildman–Crippen LogP) is 2.73. The number of nitrogens with zero attached hydrogens (tertiary/aromatic N) is 2. The van der Waals surface area contributed by atoms with E-state index >= 15 is 0 Å². The zero-order valence-electron chi connectivity index (χ0n) is 11.4. The Bertz CT molecular complexity index is 394. The highest BCUT2D eigenvalue weighted by Gasteiger charge is 2.04. The van der Waals surface area contributed by atoms with Gasteiger partial charge in [0.05, 0.1) is 6.20 Å². The van der Waals surface area contributed by atoms with Crippen molar-refractivity contribution >= 4 is 0 Å². The van der Waals surface area contributed by atoms with Gasteiger partial charge in [-0.25, -0.2) is 0 Å². The summed E-state index contributed by atoms with van der Waals surface area (Å²) in [4.78, 5) is 0. The minimum Gasteiger partial charge on any atom is -0.388 e. The highest BCUT2D eigenvalue weighted by molar-refractivity contribution is 5.29. The molecule has 0 saturated carbocycles. The molecule has 3 heteroatoms. The van der Waals surface area contributed by atoms with Crippen molar-refractivity contribution in [1.29, 1.82) is 0 Å². The van der Waals surface area contributed by atoms with Crippen LogP contribution in [0.4, 0.5) is 0 Å². The summed E-state index contributed by atoms with van der Waals surface area (Å²) in [6.07, 6.45) is 7.29. The van der Waals surface area contributed by atoms with Crippen molar-refractivity contribution in [3.05, 3.63) is 41.4 Å². The van der Waals surface area contributed by atoms with Crippen LogP contribution in [0.1, 0.15) is 31.0 Å². The normalized spacial score (nSPS) is 11.6. The van der Waals surface area contributed by atoms with E-state index < -0.39 is 0 Å². The second kappa shape index (κ2) is 6.28. The highest BCUT2D eigenvalue weighted by Crippen LogP contribution is 2.15. The molecule has 17 heavy (non-hydrogen) atoms. The molecule has 0 aliphatic heterocycles. The largest absolute Gasteiger partial charge is 0.388 e. The van der Waals surface area contributed by atoms with Gasteiger partial charge in [0.2, 0.25) is 0 Å². The Balaban J connectivity index is 2.82. The second-order valence-electron chi connectivity index (χ2n) is 4.31. The van der Waals surface area contributed by atoms with Crippen molar-refractivity contribution in [1.82, 2.24) is 15.1 Å². The minimum absolute atomic E-state index is 0.915. The Morgan fingerprint density at radius 2 is 2.29 bits per heavy atom. The summed E-state index contributed by atoms with van der Waals surface area (Å²) >= 11 is 0. The maximum absolute atomic E-state index is 4.25. The molecule has 0 atom stereocenters. The molecule has 0 spiro atoms. The molecule has 1 aromatic heterocycles.